The van der Waals surface area contributed by atoms with E-state index in [4.69, 9.17) is 0 Å². The third-order valence-electron chi connectivity index (χ3n) is 0.700. The molecule has 0 aromatic rings. The first-order valence-electron chi connectivity index (χ1n) is 2.63. The molecule has 0 atom stereocenters. The summed E-state index contributed by atoms with van der Waals surface area (Å²) >= 11 is 0. The molecule has 0 aromatic carbocycles. The molecule has 9 heavy (non-hydrogen) atoms. The summed E-state index contributed by atoms with van der Waals surface area (Å²) in [6.07, 6.45) is 2.87. The molecule has 0 aromatic heterocycles. The molecule has 0 rings (SSSR count). The molecule has 52 valence electrons. The number of ether oxygens (including phenoxy) is 2. The first-order chi connectivity index (χ1) is 4.31. The van der Waals surface area contributed by atoms with E-state index in [2.05, 4.69) is 9.47 Å². The van der Waals surface area contributed by atoms with Gasteiger partial charge < -0.3 is 9.47 Å². The van der Waals surface area contributed by atoms with E-state index in [1.807, 2.05) is 6.92 Å². The number of carbonyl (C=O) groups is 1. The average Bonchev–Trinajstić information content (AvgIpc) is 1.89. The average molecular weight is 130 g/mol. The van der Waals surface area contributed by atoms with E-state index in [9.17, 15) is 4.79 Å². The molecule has 0 aliphatic rings. The molecule has 3 nitrogen and oxygen atoms in total. The molecular formula is C6H10O3. The lowest BCUT2D eigenvalue weighted by molar-refractivity contribution is 0.0818. The molecule has 0 saturated heterocycles. The minimum absolute atomic E-state index is 0.281. The smallest absolute Gasteiger partial charge is 0.438 e. The van der Waals surface area contributed by atoms with Crippen molar-refractivity contribution in [1.82, 2.24) is 0 Å². The Bertz CT molecular complexity index is 107. The zero-order valence-corrected chi connectivity index (χ0v) is 5.59. The fourth-order valence-electron chi connectivity index (χ4n) is 0.271. The van der Waals surface area contributed by atoms with Gasteiger partial charge in [-0.05, 0) is 6.92 Å². The van der Waals surface area contributed by atoms with Gasteiger partial charge in [-0.1, -0.05) is 12.2 Å². The molecule has 0 radical (unpaired) electrons. The quantitative estimate of drug-likeness (QED) is 0.418. The second-order valence-corrected chi connectivity index (χ2v) is 1.33. The summed E-state index contributed by atoms with van der Waals surface area (Å²) in [7, 11) is 1.28. The van der Waals surface area contributed by atoms with Gasteiger partial charge in [-0.15, -0.1) is 0 Å². The highest BCUT2D eigenvalue weighted by Gasteiger charge is 1.94. The van der Waals surface area contributed by atoms with Crippen LogP contribution in [-0.2, 0) is 9.47 Å². The molecular weight excluding hydrogens is 120 g/mol. The van der Waals surface area contributed by atoms with Crippen LogP contribution in [0.15, 0.2) is 12.2 Å². The Morgan fingerprint density at radius 2 is 2.33 bits per heavy atom. The lowest BCUT2D eigenvalue weighted by Gasteiger charge is -1.96. The van der Waals surface area contributed by atoms with Crippen LogP contribution in [0, 0.1) is 0 Å². The normalized spacial score (nSPS) is 9.56. The summed E-state index contributed by atoms with van der Waals surface area (Å²) in [5, 5.41) is 0. The van der Waals surface area contributed by atoms with Crippen molar-refractivity contribution in [2.45, 2.75) is 6.92 Å². The van der Waals surface area contributed by atoms with Crippen molar-refractivity contribution in [3.63, 3.8) is 0 Å². The van der Waals surface area contributed by atoms with E-state index in [1.54, 1.807) is 12.2 Å². The zero-order chi connectivity index (χ0) is 7.11. The second-order valence-electron chi connectivity index (χ2n) is 1.33. The zero-order valence-electron chi connectivity index (χ0n) is 5.59. The minimum atomic E-state index is -0.645. The Kier molecular flexibility index (Phi) is 4.59. The highest BCUT2D eigenvalue weighted by molar-refractivity contribution is 5.59. The van der Waals surface area contributed by atoms with Gasteiger partial charge in [0.25, 0.3) is 0 Å². The molecule has 0 bridgehead atoms. The highest BCUT2D eigenvalue weighted by Crippen LogP contribution is 1.81. The monoisotopic (exact) mass is 130 g/mol. The molecule has 0 aliphatic heterocycles. The van der Waals surface area contributed by atoms with Crippen LogP contribution in [0.5, 0.6) is 0 Å². The molecule has 0 aliphatic carbocycles. The van der Waals surface area contributed by atoms with Gasteiger partial charge in [0, 0.05) is 0 Å². The topological polar surface area (TPSA) is 35.5 Å². The first-order valence-corrected chi connectivity index (χ1v) is 2.63. The summed E-state index contributed by atoms with van der Waals surface area (Å²) in [6.45, 7) is 2.13. The molecule has 0 heterocycles. The lowest BCUT2D eigenvalue weighted by Crippen LogP contribution is -2.03. The van der Waals surface area contributed by atoms with Crippen molar-refractivity contribution in [3.8, 4) is 0 Å². The number of allylic oxidation sites excluding steroid dienone is 1. The van der Waals surface area contributed by atoms with Gasteiger partial charge in [0.1, 0.15) is 6.61 Å². The molecule has 0 amide bonds. The number of hydrogen-bond acceptors (Lipinski definition) is 3. The van der Waals surface area contributed by atoms with Crippen molar-refractivity contribution in [2.75, 3.05) is 13.7 Å². The number of rotatable bonds is 2. The second kappa shape index (κ2) is 5.15. The van der Waals surface area contributed by atoms with Gasteiger partial charge in [0.2, 0.25) is 0 Å². The standard InChI is InChI=1S/C6H10O3/c1-3-4-5-9-6(7)8-2/h3-4H,5H2,1-2H3. The van der Waals surface area contributed by atoms with E-state index >= 15 is 0 Å². The predicted molar refractivity (Wildman–Crippen MR) is 33.2 cm³/mol. The minimum Gasteiger partial charge on any atom is -0.438 e. The van der Waals surface area contributed by atoms with Gasteiger partial charge in [-0.25, -0.2) is 4.79 Å². The summed E-state index contributed by atoms with van der Waals surface area (Å²) in [5.41, 5.74) is 0. The first kappa shape index (κ1) is 8.01. The van der Waals surface area contributed by atoms with E-state index in [0.29, 0.717) is 0 Å². The SMILES string of the molecule is CC=CCOC(=O)OC. The summed E-state index contributed by atoms with van der Waals surface area (Å²) < 4.78 is 8.69. The van der Waals surface area contributed by atoms with Crippen molar-refractivity contribution in [2.24, 2.45) is 0 Å². The summed E-state index contributed by atoms with van der Waals surface area (Å²) in [5.74, 6) is 0. The van der Waals surface area contributed by atoms with Gasteiger partial charge in [-0.3, -0.25) is 0 Å². The van der Waals surface area contributed by atoms with Crippen LogP contribution in [0.3, 0.4) is 0 Å². The maximum atomic E-state index is 10.2. The Morgan fingerprint density at radius 1 is 1.67 bits per heavy atom. The van der Waals surface area contributed by atoms with Gasteiger partial charge in [0.15, 0.2) is 0 Å². The van der Waals surface area contributed by atoms with Gasteiger partial charge >= 0.3 is 6.16 Å². The Hall–Kier alpha value is -0.990. The van der Waals surface area contributed by atoms with Crippen LogP contribution in [0.2, 0.25) is 0 Å². The fourth-order valence-corrected chi connectivity index (χ4v) is 0.271. The number of carbonyl (C=O) groups excluding carboxylic acids is 1. The van der Waals surface area contributed by atoms with Crippen LogP contribution in [0.25, 0.3) is 0 Å². The summed E-state index contributed by atoms with van der Waals surface area (Å²) in [6, 6.07) is 0. The molecule has 0 fully saturated rings. The van der Waals surface area contributed by atoms with Crippen LogP contribution in [0.1, 0.15) is 6.92 Å². The van der Waals surface area contributed by atoms with Crippen LogP contribution < -0.4 is 0 Å². The maximum absolute atomic E-state index is 10.2. The van der Waals surface area contributed by atoms with Gasteiger partial charge in [-0.2, -0.15) is 0 Å². The van der Waals surface area contributed by atoms with E-state index in [0.717, 1.165) is 0 Å². The maximum Gasteiger partial charge on any atom is 0.508 e. The van der Waals surface area contributed by atoms with Crippen molar-refractivity contribution in [1.29, 1.82) is 0 Å². The van der Waals surface area contributed by atoms with Crippen LogP contribution in [0.4, 0.5) is 4.79 Å². The van der Waals surface area contributed by atoms with E-state index in [1.165, 1.54) is 7.11 Å². The predicted octanol–water partition coefficient (Wildman–Crippen LogP) is 1.35. The fraction of sp³-hybridized carbons (Fsp3) is 0.500. The van der Waals surface area contributed by atoms with Crippen molar-refractivity contribution in [3.05, 3.63) is 12.2 Å². The van der Waals surface area contributed by atoms with Gasteiger partial charge in [0.05, 0.1) is 7.11 Å². The molecule has 0 saturated carbocycles. The molecule has 0 spiro atoms. The Balaban J connectivity index is 3.17. The van der Waals surface area contributed by atoms with Crippen molar-refractivity contribution < 1.29 is 14.3 Å². The molecule has 0 N–H and O–H groups in total. The molecule has 3 heteroatoms. The Labute approximate surface area is 54.3 Å². The Morgan fingerprint density at radius 3 is 2.78 bits per heavy atom. The van der Waals surface area contributed by atoms with E-state index in [-0.39, 0.29) is 6.61 Å². The van der Waals surface area contributed by atoms with Crippen molar-refractivity contribution >= 4 is 6.16 Å². The third kappa shape index (κ3) is 4.87. The largest absolute Gasteiger partial charge is 0.508 e. The number of hydrogen-bond donors (Lipinski definition) is 0. The van der Waals surface area contributed by atoms with Crippen LogP contribution in [-0.4, -0.2) is 19.9 Å². The number of methoxy groups -OCH3 is 1. The van der Waals surface area contributed by atoms with Crippen LogP contribution >= 0.6 is 0 Å². The summed E-state index contributed by atoms with van der Waals surface area (Å²) in [4.78, 5) is 10.2. The lowest BCUT2D eigenvalue weighted by atomic mass is 10.6. The highest BCUT2D eigenvalue weighted by atomic mass is 16.7. The third-order valence-corrected chi connectivity index (χ3v) is 0.700. The molecule has 0 unspecified atom stereocenters. The van der Waals surface area contributed by atoms with E-state index < -0.39 is 6.16 Å².